The van der Waals surface area contributed by atoms with Gasteiger partial charge < -0.3 is 3.79 Å². The minimum absolute atomic E-state index is 0. The third-order valence-electron chi connectivity index (χ3n) is 1.78. The summed E-state index contributed by atoms with van der Waals surface area (Å²) in [5.41, 5.74) is 2.49. The molecule has 0 aliphatic rings. The third kappa shape index (κ3) is 3.60. The van der Waals surface area contributed by atoms with E-state index in [1.165, 1.54) is 11.1 Å². The Bertz CT molecular complexity index is 243. The molecule has 0 spiro atoms. The highest BCUT2D eigenvalue weighted by molar-refractivity contribution is 6.28. The van der Waals surface area contributed by atoms with E-state index in [4.69, 9.17) is 3.79 Å². The van der Waals surface area contributed by atoms with E-state index in [9.17, 15) is 0 Å². The molecule has 0 aliphatic carbocycles. The second-order valence-electron chi connectivity index (χ2n) is 2.91. The Kier molecular flexibility index (Phi) is 6.24. The van der Waals surface area contributed by atoms with Crippen LogP contribution in [0.3, 0.4) is 0 Å². The number of rotatable bonds is 3. The van der Waals surface area contributed by atoms with Gasteiger partial charge in [-0.25, -0.2) is 0 Å². The van der Waals surface area contributed by atoms with Crippen molar-refractivity contribution in [3.8, 4) is 5.75 Å². The smallest absolute Gasteiger partial charge is 0.523 e. The quantitative estimate of drug-likeness (QED) is 0.701. The number of aryl methyl sites for hydroxylation is 2. The maximum Gasteiger partial charge on any atom is 0.523 e. The van der Waals surface area contributed by atoms with E-state index in [-0.39, 0.29) is 28.0 Å². The zero-order valence-electron chi connectivity index (χ0n) is 8.33. The molecule has 1 aromatic rings. The molecule has 13 heavy (non-hydrogen) atoms. The Morgan fingerprint density at radius 1 is 1.23 bits per heavy atom. The van der Waals surface area contributed by atoms with Crippen LogP contribution in [0.25, 0.3) is 0 Å². The zero-order valence-corrected chi connectivity index (χ0v) is 10.3. The lowest BCUT2D eigenvalue weighted by molar-refractivity contribution is 0.583. The molecule has 0 saturated heterocycles. The normalized spacial score (nSPS) is 8.85. The van der Waals surface area contributed by atoms with Gasteiger partial charge in [0.2, 0.25) is 0 Å². The van der Waals surface area contributed by atoms with Gasteiger partial charge in [-0.05, 0) is 25.0 Å². The Hall–Kier alpha value is -0.158. The van der Waals surface area contributed by atoms with Gasteiger partial charge in [0.1, 0.15) is 0 Å². The predicted molar refractivity (Wildman–Crippen MR) is 60.0 cm³/mol. The first-order chi connectivity index (χ1) is 5.75. The van der Waals surface area contributed by atoms with Gasteiger partial charge in [0.25, 0.3) is 0 Å². The summed E-state index contributed by atoms with van der Waals surface area (Å²) in [5.74, 6) is 1.09. The predicted octanol–water partition coefficient (Wildman–Crippen LogP) is 3.16. The SMILES string of the molecule is C[CH2][Al][O]c1c(C)cccc1C.Cl. The second-order valence-corrected chi connectivity index (χ2v) is 4.30. The number of hydrogen-bond donors (Lipinski definition) is 0. The topological polar surface area (TPSA) is 9.23 Å². The van der Waals surface area contributed by atoms with Crippen LogP contribution in [-0.4, -0.2) is 15.6 Å². The number of benzene rings is 1. The molecule has 1 rings (SSSR count). The maximum atomic E-state index is 5.70. The molecular formula is C10H15AlClO. The van der Waals surface area contributed by atoms with Crippen molar-refractivity contribution in [1.82, 2.24) is 0 Å². The van der Waals surface area contributed by atoms with Gasteiger partial charge in [-0.15, -0.1) is 12.4 Å². The van der Waals surface area contributed by atoms with Gasteiger partial charge in [-0.3, -0.25) is 0 Å². The van der Waals surface area contributed by atoms with Crippen molar-refractivity contribution in [2.45, 2.75) is 26.1 Å². The summed E-state index contributed by atoms with van der Waals surface area (Å²) < 4.78 is 5.70. The second kappa shape index (κ2) is 6.32. The molecular weight excluding hydrogens is 199 g/mol. The zero-order chi connectivity index (χ0) is 8.97. The van der Waals surface area contributed by atoms with Crippen LogP contribution >= 0.6 is 12.4 Å². The van der Waals surface area contributed by atoms with Crippen LogP contribution in [0.15, 0.2) is 18.2 Å². The van der Waals surface area contributed by atoms with E-state index in [0.29, 0.717) is 0 Å². The van der Waals surface area contributed by atoms with Crippen molar-refractivity contribution in [2.24, 2.45) is 0 Å². The summed E-state index contributed by atoms with van der Waals surface area (Å²) in [7, 11) is 0. The van der Waals surface area contributed by atoms with Crippen LogP contribution in [0.4, 0.5) is 0 Å². The Morgan fingerprint density at radius 2 is 1.77 bits per heavy atom. The fourth-order valence-corrected chi connectivity index (χ4v) is 1.86. The van der Waals surface area contributed by atoms with Crippen LogP contribution < -0.4 is 3.79 Å². The standard InChI is InChI=1S/C8H10O.C2H5.Al.ClH/c1-6-4-3-5-7(2)8(6)9;1-2;;/h3-5,9H,1-2H3;1H2,2H3;;1H/q;;+1;/p-1. The maximum absolute atomic E-state index is 5.70. The van der Waals surface area contributed by atoms with Crippen LogP contribution in [0.5, 0.6) is 5.75 Å². The van der Waals surface area contributed by atoms with Gasteiger partial charge >= 0.3 is 15.6 Å². The molecule has 0 saturated carbocycles. The Balaban J connectivity index is 0.00000144. The van der Waals surface area contributed by atoms with Crippen LogP contribution in [0, 0.1) is 13.8 Å². The number of para-hydroxylation sites is 1. The molecule has 0 atom stereocenters. The van der Waals surface area contributed by atoms with E-state index in [2.05, 4.69) is 39.0 Å². The first-order valence-corrected chi connectivity index (χ1v) is 5.59. The molecule has 0 fully saturated rings. The molecule has 0 heterocycles. The molecule has 0 aliphatic heterocycles. The summed E-state index contributed by atoms with van der Waals surface area (Å²) in [6.07, 6.45) is 0. The lowest BCUT2D eigenvalue weighted by Crippen LogP contribution is -2.02. The third-order valence-corrected chi connectivity index (χ3v) is 2.51. The highest BCUT2D eigenvalue weighted by Crippen LogP contribution is 2.21. The minimum atomic E-state index is 0. The van der Waals surface area contributed by atoms with E-state index < -0.39 is 0 Å². The summed E-state index contributed by atoms with van der Waals surface area (Å²) in [4.78, 5) is 0. The van der Waals surface area contributed by atoms with Gasteiger partial charge in [0.05, 0.1) is 5.75 Å². The molecule has 1 aromatic carbocycles. The lowest BCUT2D eigenvalue weighted by atomic mass is 10.1. The molecule has 0 N–H and O–H groups in total. The fourth-order valence-electron chi connectivity index (χ4n) is 1.15. The van der Waals surface area contributed by atoms with Crippen molar-refractivity contribution in [3.63, 3.8) is 0 Å². The van der Waals surface area contributed by atoms with E-state index in [1.54, 1.807) is 0 Å². The van der Waals surface area contributed by atoms with E-state index in [0.717, 1.165) is 11.0 Å². The molecule has 0 unspecified atom stereocenters. The van der Waals surface area contributed by atoms with Crippen molar-refractivity contribution >= 4 is 28.0 Å². The van der Waals surface area contributed by atoms with Crippen molar-refractivity contribution in [3.05, 3.63) is 29.3 Å². The molecule has 1 radical (unpaired) electrons. The summed E-state index contributed by atoms with van der Waals surface area (Å²) in [5, 5.41) is 1.15. The molecule has 3 heteroatoms. The molecule has 71 valence electrons. The van der Waals surface area contributed by atoms with Gasteiger partial charge in [0.15, 0.2) is 0 Å². The first-order valence-electron chi connectivity index (χ1n) is 4.30. The van der Waals surface area contributed by atoms with Crippen LogP contribution in [0.2, 0.25) is 5.28 Å². The van der Waals surface area contributed by atoms with Gasteiger partial charge in [-0.2, -0.15) is 0 Å². The average Bonchev–Trinajstić information content (AvgIpc) is 2.04. The molecule has 0 bridgehead atoms. The fraction of sp³-hybridized carbons (Fsp3) is 0.400. The van der Waals surface area contributed by atoms with Crippen LogP contribution in [-0.2, 0) is 0 Å². The minimum Gasteiger partial charge on any atom is -0.647 e. The molecule has 0 amide bonds. The monoisotopic (exact) mass is 213 g/mol. The lowest BCUT2D eigenvalue weighted by Gasteiger charge is -2.11. The van der Waals surface area contributed by atoms with Crippen molar-refractivity contribution in [2.75, 3.05) is 0 Å². The highest BCUT2D eigenvalue weighted by Gasteiger charge is 2.02. The largest absolute Gasteiger partial charge is 0.647 e. The average molecular weight is 214 g/mol. The number of halogens is 1. The van der Waals surface area contributed by atoms with Crippen molar-refractivity contribution < 1.29 is 3.79 Å². The molecule has 0 aromatic heterocycles. The molecule has 1 nitrogen and oxygen atoms in total. The summed E-state index contributed by atoms with van der Waals surface area (Å²) in [6.45, 7) is 6.35. The number of hydrogen-bond acceptors (Lipinski definition) is 1. The van der Waals surface area contributed by atoms with E-state index in [1.807, 2.05) is 0 Å². The summed E-state index contributed by atoms with van der Waals surface area (Å²) >= 11 is 0.133. The highest BCUT2D eigenvalue weighted by atomic mass is 35.5. The first kappa shape index (κ1) is 12.8. The Labute approximate surface area is 93.0 Å². The summed E-state index contributed by atoms with van der Waals surface area (Å²) in [6, 6.07) is 6.26. The van der Waals surface area contributed by atoms with Gasteiger partial charge in [-0.1, -0.05) is 30.4 Å². The van der Waals surface area contributed by atoms with Gasteiger partial charge in [0, 0.05) is 0 Å². The van der Waals surface area contributed by atoms with E-state index >= 15 is 0 Å². The van der Waals surface area contributed by atoms with Crippen molar-refractivity contribution in [1.29, 1.82) is 0 Å². The Morgan fingerprint density at radius 3 is 2.23 bits per heavy atom. The van der Waals surface area contributed by atoms with Crippen LogP contribution in [0.1, 0.15) is 18.1 Å².